The molecule has 0 aromatic heterocycles. The average molecular weight is 279 g/mol. The van der Waals surface area contributed by atoms with Gasteiger partial charge >= 0.3 is 6.61 Å². The van der Waals surface area contributed by atoms with Crippen molar-refractivity contribution in [2.75, 3.05) is 5.32 Å². The smallest absolute Gasteiger partial charge is 0.387 e. The number of para-hydroxylation sites is 2. The SMILES string of the molecule is CC(Nc1ccccc1OC(F)F)C1CC2C=CC1C2. The fraction of sp³-hybridized carbons (Fsp3) is 0.500. The molecule has 0 aliphatic heterocycles. The number of benzene rings is 1. The zero-order valence-corrected chi connectivity index (χ0v) is 11.4. The van der Waals surface area contributed by atoms with Crippen LogP contribution in [0.5, 0.6) is 5.75 Å². The Hall–Kier alpha value is -1.58. The number of ether oxygens (including phenoxy) is 1. The van der Waals surface area contributed by atoms with E-state index in [0.29, 0.717) is 23.4 Å². The van der Waals surface area contributed by atoms with Gasteiger partial charge in [-0.1, -0.05) is 24.3 Å². The molecule has 1 saturated carbocycles. The molecule has 2 aliphatic rings. The second-order valence-corrected chi connectivity index (χ2v) is 5.75. The summed E-state index contributed by atoms with van der Waals surface area (Å²) in [6, 6.07) is 7.14. The van der Waals surface area contributed by atoms with Crippen molar-refractivity contribution in [2.24, 2.45) is 17.8 Å². The largest absolute Gasteiger partial charge is 0.433 e. The fourth-order valence-electron chi connectivity index (χ4n) is 3.54. The molecule has 3 rings (SSSR count). The summed E-state index contributed by atoms with van der Waals surface area (Å²) >= 11 is 0. The van der Waals surface area contributed by atoms with E-state index in [4.69, 9.17) is 0 Å². The quantitative estimate of drug-likeness (QED) is 0.811. The summed E-state index contributed by atoms with van der Waals surface area (Å²) in [5.74, 6) is 2.13. The van der Waals surface area contributed by atoms with Gasteiger partial charge in [0.05, 0.1) is 5.69 Å². The normalized spacial score (nSPS) is 28.9. The van der Waals surface area contributed by atoms with E-state index in [0.717, 1.165) is 0 Å². The molecule has 20 heavy (non-hydrogen) atoms. The van der Waals surface area contributed by atoms with Crippen LogP contribution in [0.1, 0.15) is 19.8 Å². The first-order chi connectivity index (χ1) is 9.63. The van der Waals surface area contributed by atoms with Gasteiger partial charge in [0, 0.05) is 6.04 Å². The van der Waals surface area contributed by atoms with E-state index in [1.807, 2.05) is 6.07 Å². The van der Waals surface area contributed by atoms with Gasteiger partial charge in [-0.2, -0.15) is 8.78 Å². The van der Waals surface area contributed by atoms with Crippen LogP contribution in [-0.2, 0) is 0 Å². The predicted octanol–water partition coefficient (Wildman–Crippen LogP) is 4.30. The molecule has 2 aliphatic carbocycles. The molecule has 1 N–H and O–H groups in total. The van der Waals surface area contributed by atoms with Crippen LogP contribution in [0.3, 0.4) is 0 Å². The first-order valence-electron chi connectivity index (χ1n) is 7.12. The number of anilines is 1. The zero-order chi connectivity index (χ0) is 14.1. The minimum atomic E-state index is -2.79. The molecule has 1 aromatic carbocycles. The first-order valence-corrected chi connectivity index (χ1v) is 7.12. The van der Waals surface area contributed by atoms with E-state index in [1.54, 1.807) is 18.2 Å². The molecule has 108 valence electrons. The Morgan fingerprint density at radius 2 is 2.00 bits per heavy atom. The minimum Gasteiger partial charge on any atom is -0.433 e. The lowest BCUT2D eigenvalue weighted by Crippen LogP contribution is -2.29. The third kappa shape index (κ3) is 2.65. The highest BCUT2D eigenvalue weighted by molar-refractivity contribution is 5.56. The summed E-state index contributed by atoms with van der Waals surface area (Å²) in [5.41, 5.74) is 0.645. The molecule has 0 heterocycles. The molecule has 1 aromatic rings. The molecule has 0 spiro atoms. The average Bonchev–Trinajstić information content (AvgIpc) is 3.02. The van der Waals surface area contributed by atoms with Gasteiger partial charge in [-0.15, -0.1) is 0 Å². The lowest BCUT2D eigenvalue weighted by Gasteiger charge is -2.27. The van der Waals surface area contributed by atoms with E-state index >= 15 is 0 Å². The Labute approximate surface area is 117 Å². The molecule has 1 fully saturated rings. The van der Waals surface area contributed by atoms with Crippen molar-refractivity contribution in [3.63, 3.8) is 0 Å². The maximum absolute atomic E-state index is 12.4. The lowest BCUT2D eigenvalue weighted by atomic mass is 9.87. The van der Waals surface area contributed by atoms with Crippen LogP contribution in [-0.4, -0.2) is 12.7 Å². The minimum absolute atomic E-state index is 0.216. The van der Waals surface area contributed by atoms with Gasteiger partial charge in [0.2, 0.25) is 0 Å². The second-order valence-electron chi connectivity index (χ2n) is 5.75. The summed E-state index contributed by atoms with van der Waals surface area (Å²) in [6.07, 6.45) is 7.04. The number of allylic oxidation sites excluding steroid dienone is 2. The number of nitrogens with one attached hydrogen (secondary N) is 1. The van der Waals surface area contributed by atoms with Crippen LogP contribution in [0.15, 0.2) is 36.4 Å². The summed E-state index contributed by atoms with van der Waals surface area (Å²) in [4.78, 5) is 0. The Balaban J connectivity index is 1.69. The standard InChI is InChI=1S/C16H19F2NO/c1-10(13-9-11-6-7-12(13)8-11)19-14-4-2-3-5-15(14)20-16(17)18/h2-7,10-13,16,19H,8-9H2,1H3. The predicted molar refractivity (Wildman–Crippen MR) is 75.0 cm³/mol. The Bertz CT molecular complexity index is 503. The van der Waals surface area contributed by atoms with Gasteiger partial charge in [0.25, 0.3) is 0 Å². The van der Waals surface area contributed by atoms with E-state index in [9.17, 15) is 8.78 Å². The molecule has 0 radical (unpaired) electrons. The number of halogens is 2. The Morgan fingerprint density at radius 1 is 1.20 bits per heavy atom. The van der Waals surface area contributed by atoms with Crippen LogP contribution in [0.2, 0.25) is 0 Å². The maximum Gasteiger partial charge on any atom is 0.387 e. The van der Waals surface area contributed by atoms with Crippen molar-refractivity contribution in [3.05, 3.63) is 36.4 Å². The highest BCUT2D eigenvalue weighted by atomic mass is 19.3. The lowest BCUT2D eigenvalue weighted by molar-refractivity contribution is -0.0494. The first kappa shape index (κ1) is 13.4. The van der Waals surface area contributed by atoms with Gasteiger partial charge in [0.1, 0.15) is 5.75 Å². The van der Waals surface area contributed by atoms with Crippen molar-refractivity contribution in [1.29, 1.82) is 0 Å². The number of hydrogen-bond donors (Lipinski definition) is 1. The van der Waals surface area contributed by atoms with Crippen LogP contribution in [0.25, 0.3) is 0 Å². The van der Waals surface area contributed by atoms with E-state index in [1.165, 1.54) is 12.8 Å². The number of hydrogen-bond acceptors (Lipinski definition) is 2. The number of rotatable bonds is 5. The summed E-state index contributed by atoms with van der Waals surface area (Å²) in [7, 11) is 0. The van der Waals surface area contributed by atoms with Crippen molar-refractivity contribution < 1.29 is 13.5 Å². The zero-order valence-electron chi connectivity index (χ0n) is 11.4. The molecule has 4 unspecified atom stereocenters. The van der Waals surface area contributed by atoms with Gasteiger partial charge in [0.15, 0.2) is 0 Å². The second kappa shape index (κ2) is 5.43. The fourth-order valence-corrected chi connectivity index (χ4v) is 3.54. The van der Waals surface area contributed by atoms with Crippen molar-refractivity contribution in [3.8, 4) is 5.75 Å². The Kier molecular flexibility index (Phi) is 3.64. The monoisotopic (exact) mass is 279 g/mol. The molecule has 4 atom stereocenters. The molecule has 0 amide bonds. The highest BCUT2D eigenvalue weighted by Crippen LogP contribution is 2.45. The van der Waals surface area contributed by atoms with Gasteiger partial charge < -0.3 is 10.1 Å². The van der Waals surface area contributed by atoms with E-state index in [2.05, 4.69) is 29.1 Å². The topological polar surface area (TPSA) is 21.3 Å². The summed E-state index contributed by atoms with van der Waals surface area (Å²) in [6.45, 7) is -0.670. The van der Waals surface area contributed by atoms with Crippen LogP contribution in [0.4, 0.5) is 14.5 Å². The molecule has 0 saturated heterocycles. The van der Waals surface area contributed by atoms with E-state index < -0.39 is 6.61 Å². The maximum atomic E-state index is 12.4. The molecule has 2 bridgehead atoms. The van der Waals surface area contributed by atoms with Crippen LogP contribution >= 0.6 is 0 Å². The van der Waals surface area contributed by atoms with E-state index in [-0.39, 0.29) is 11.8 Å². The van der Waals surface area contributed by atoms with Gasteiger partial charge in [-0.25, -0.2) is 0 Å². The van der Waals surface area contributed by atoms with Gasteiger partial charge in [-0.05, 0) is 49.7 Å². The molecule has 2 nitrogen and oxygen atoms in total. The van der Waals surface area contributed by atoms with Crippen molar-refractivity contribution >= 4 is 5.69 Å². The van der Waals surface area contributed by atoms with Crippen molar-refractivity contribution in [1.82, 2.24) is 0 Å². The summed E-state index contributed by atoms with van der Waals surface area (Å²) in [5, 5.41) is 3.35. The third-order valence-electron chi connectivity index (χ3n) is 4.46. The third-order valence-corrected chi connectivity index (χ3v) is 4.46. The molecular formula is C16H19F2NO. The Morgan fingerprint density at radius 3 is 2.65 bits per heavy atom. The number of fused-ring (bicyclic) bond motifs is 2. The van der Waals surface area contributed by atoms with Crippen molar-refractivity contribution in [2.45, 2.75) is 32.4 Å². The van der Waals surface area contributed by atoms with Crippen LogP contribution in [0, 0.1) is 17.8 Å². The number of alkyl halides is 2. The van der Waals surface area contributed by atoms with Gasteiger partial charge in [-0.3, -0.25) is 0 Å². The summed E-state index contributed by atoms with van der Waals surface area (Å²) < 4.78 is 29.4. The highest BCUT2D eigenvalue weighted by Gasteiger charge is 2.38. The van der Waals surface area contributed by atoms with Crippen LogP contribution < -0.4 is 10.1 Å². The molecular weight excluding hydrogens is 260 g/mol. The molecule has 4 heteroatoms.